The van der Waals surface area contributed by atoms with Crippen LogP contribution in [0, 0.1) is 32.5 Å². The van der Waals surface area contributed by atoms with Crippen LogP contribution in [0.2, 0.25) is 0 Å². The van der Waals surface area contributed by atoms with E-state index in [1.165, 1.54) is 6.07 Å². The fraction of sp³-hybridized carbons (Fsp3) is 0.182. The van der Waals surface area contributed by atoms with Gasteiger partial charge in [0.2, 0.25) is 0 Å². The zero-order valence-electron chi connectivity index (χ0n) is 17.5. The number of carbonyl (C=O) groups excluding carboxylic acids is 1. The van der Waals surface area contributed by atoms with Crippen molar-refractivity contribution in [3.8, 4) is 24.0 Å². The highest BCUT2D eigenvalue weighted by Gasteiger charge is 2.06. The number of anilines is 1. The van der Waals surface area contributed by atoms with E-state index in [1.807, 2.05) is 52.9 Å². The van der Waals surface area contributed by atoms with E-state index in [0.29, 0.717) is 5.56 Å². The summed E-state index contributed by atoms with van der Waals surface area (Å²) in [6.07, 6.45) is 13.2. The number of fused-ring (bicyclic) bond motifs is 1. The van der Waals surface area contributed by atoms with Gasteiger partial charge in [0.15, 0.2) is 5.65 Å². The van der Waals surface area contributed by atoms with Crippen molar-refractivity contribution in [2.24, 2.45) is 7.05 Å². The first-order valence-corrected chi connectivity index (χ1v) is 8.84. The van der Waals surface area contributed by atoms with Gasteiger partial charge in [-0.25, -0.2) is 9.37 Å². The average molecular weight is 408 g/mol. The first-order valence-electron chi connectivity index (χ1n) is 8.84. The van der Waals surface area contributed by atoms with Crippen LogP contribution in [0.5, 0.6) is 0 Å². The van der Waals surface area contributed by atoms with Crippen LogP contribution < -0.4 is 5.32 Å². The van der Waals surface area contributed by atoms with E-state index < -0.39 is 0 Å². The molecule has 4 rings (SSSR count). The molecule has 0 saturated heterocycles. The second kappa shape index (κ2) is 11.8. The van der Waals surface area contributed by atoms with Crippen molar-refractivity contribution in [1.82, 2.24) is 24.4 Å². The first kappa shape index (κ1) is 24.0. The maximum atomic E-state index is 13.5. The number of aryl methyl sites for hydroxylation is 3. The highest BCUT2D eigenvalue weighted by atomic mass is 19.1. The maximum Gasteiger partial charge on any atom is 0.157 e. The number of aromatic nitrogens is 5. The summed E-state index contributed by atoms with van der Waals surface area (Å²) in [4.78, 5) is 12.2. The van der Waals surface area contributed by atoms with Gasteiger partial charge in [-0.3, -0.25) is 4.68 Å². The van der Waals surface area contributed by atoms with E-state index >= 15 is 0 Å². The van der Waals surface area contributed by atoms with Crippen molar-refractivity contribution >= 4 is 18.3 Å². The number of hydrogen-bond donors (Lipinski definition) is 1. The van der Waals surface area contributed by atoms with Crippen LogP contribution in [0.15, 0.2) is 48.9 Å². The van der Waals surface area contributed by atoms with Crippen molar-refractivity contribution in [3.05, 3.63) is 66.0 Å². The van der Waals surface area contributed by atoms with Crippen LogP contribution in [0.3, 0.4) is 0 Å². The molecule has 0 aliphatic heterocycles. The number of halogens is 1. The molecule has 4 aromatic rings. The Kier molecular flexibility index (Phi) is 9.43. The van der Waals surface area contributed by atoms with E-state index in [-0.39, 0.29) is 5.82 Å². The third kappa shape index (κ3) is 6.01. The van der Waals surface area contributed by atoms with Gasteiger partial charge in [0.1, 0.15) is 18.4 Å². The minimum atomic E-state index is -0.196. The highest BCUT2D eigenvalue weighted by Crippen LogP contribution is 2.22. The fourth-order valence-electron chi connectivity index (χ4n) is 2.61. The highest BCUT2D eigenvalue weighted by molar-refractivity contribution is 5.62. The standard InChI is InChI=1S/C11H11FN2.C8H10N4.C2H2.CH2O/c1-8-3-4-10(11(12)5-8)9-6-13-14(2)7-9;1-6-5-8-10-4-3-7(9-2)12(8)11-6;2*1-2/h3-7H,1-2H3;3-5,9H,1-2H3;1-2H;1H2. The molecule has 0 fully saturated rings. The molecule has 0 radical (unpaired) electrons. The molecule has 0 atom stereocenters. The van der Waals surface area contributed by atoms with E-state index in [4.69, 9.17) is 4.79 Å². The van der Waals surface area contributed by atoms with Gasteiger partial charge in [-0.1, -0.05) is 12.1 Å². The Morgan fingerprint density at radius 1 is 1.13 bits per heavy atom. The molecule has 7 nitrogen and oxygen atoms in total. The zero-order chi connectivity index (χ0) is 22.7. The smallest absolute Gasteiger partial charge is 0.157 e. The van der Waals surface area contributed by atoms with Gasteiger partial charge in [-0.05, 0) is 31.5 Å². The van der Waals surface area contributed by atoms with Gasteiger partial charge in [0.25, 0.3) is 0 Å². The molecular formula is C22H25FN6O. The summed E-state index contributed by atoms with van der Waals surface area (Å²) in [5.41, 5.74) is 4.19. The molecule has 1 N–H and O–H groups in total. The third-order valence-electron chi connectivity index (χ3n) is 3.88. The molecule has 8 heteroatoms. The molecule has 0 aliphatic carbocycles. The summed E-state index contributed by atoms with van der Waals surface area (Å²) in [6.45, 7) is 5.82. The number of terminal acetylenes is 1. The molecule has 1 aromatic carbocycles. The Bertz CT molecular complexity index is 1100. The monoisotopic (exact) mass is 408 g/mol. The molecule has 0 spiro atoms. The van der Waals surface area contributed by atoms with Crippen LogP contribution in [0.1, 0.15) is 11.3 Å². The van der Waals surface area contributed by atoms with Crippen molar-refractivity contribution in [2.75, 3.05) is 12.4 Å². The average Bonchev–Trinajstić information content (AvgIpc) is 3.36. The third-order valence-corrected chi connectivity index (χ3v) is 3.88. The molecule has 0 aliphatic rings. The fourth-order valence-corrected chi connectivity index (χ4v) is 2.61. The summed E-state index contributed by atoms with van der Waals surface area (Å²) in [6, 6.07) is 9.04. The van der Waals surface area contributed by atoms with Crippen LogP contribution in [0.4, 0.5) is 10.2 Å². The number of benzene rings is 1. The summed E-state index contributed by atoms with van der Waals surface area (Å²) in [7, 11) is 3.68. The predicted molar refractivity (Wildman–Crippen MR) is 118 cm³/mol. The number of rotatable bonds is 2. The number of carbonyl (C=O) groups is 1. The minimum Gasteiger partial charge on any atom is -0.373 e. The summed E-state index contributed by atoms with van der Waals surface area (Å²) >= 11 is 0. The van der Waals surface area contributed by atoms with Crippen LogP contribution in [-0.2, 0) is 11.8 Å². The van der Waals surface area contributed by atoms with Crippen molar-refractivity contribution in [3.63, 3.8) is 0 Å². The van der Waals surface area contributed by atoms with Crippen LogP contribution in [-0.4, -0.2) is 38.2 Å². The lowest BCUT2D eigenvalue weighted by Gasteiger charge is -2.00. The van der Waals surface area contributed by atoms with Crippen LogP contribution in [0.25, 0.3) is 16.8 Å². The number of nitrogens with one attached hydrogen (secondary N) is 1. The van der Waals surface area contributed by atoms with Crippen molar-refractivity contribution in [1.29, 1.82) is 0 Å². The van der Waals surface area contributed by atoms with Gasteiger partial charge in [0.05, 0.1) is 11.9 Å². The maximum absolute atomic E-state index is 13.5. The Morgan fingerprint density at radius 2 is 1.83 bits per heavy atom. The van der Waals surface area contributed by atoms with E-state index in [1.54, 1.807) is 33.9 Å². The lowest BCUT2D eigenvalue weighted by atomic mass is 10.1. The largest absolute Gasteiger partial charge is 0.373 e. The normalized spacial score (nSPS) is 9.30. The molecule has 156 valence electrons. The Labute approximate surface area is 175 Å². The SMILES string of the molecule is C#C.C=O.CNc1ccnc2cc(C)nn12.Cc1ccc(-c2cnn(C)c2)c(F)c1. The summed E-state index contributed by atoms with van der Waals surface area (Å²) < 4.78 is 17.0. The van der Waals surface area contributed by atoms with Gasteiger partial charge < -0.3 is 10.1 Å². The quantitative estimate of drug-likeness (QED) is 0.512. The lowest BCUT2D eigenvalue weighted by Crippen LogP contribution is -1.99. The predicted octanol–water partition coefficient (Wildman–Crippen LogP) is 3.68. The first-order chi connectivity index (χ1) is 14.5. The van der Waals surface area contributed by atoms with E-state index in [9.17, 15) is 4.39 Å². The Morgan fingerprint density at radius 3 is 2.40 bits per heavy atom. The molecule has 0 amide bonds. The summed E-state index contributed by atoms with van der Waals surface area (Å²) in [5, 5.41) is 11.3. The van der Waals surface area contributed by atoms with Gasteiger partial charge in [-0.15, -0.1) is 12.8 Å². The van der Waals surface area contributed by atoms with Crippen molar-refractivity contribution < 1.29 is 9.18 Å². The molecule has 0 saturated carbocycles. The van der Waals surface area contributed by atoms with E-state index in [2.05, 4.69) is 33.3 Å². The molecule has 3 aromatic heterocycles. The van der Waals surface area contributed by atoms with Crippen LogP contribution >= 0.6 is 0 Å². The Balaban J connectivity index is 0.000000260. The number of hydrogen-bond acceptors (Lipinski definition) is 5. The Hall–Kier alpha value is -3.99. The van der Waals surface area contributed by atoms with Gasteiger partial charge in [-0.2, -0.15) is 14.7 Å². The number of nitrogens with zero attached hydrogens (tertiary/aromatic N) is 5. The van der Waals surface area contributed by atoms with Gasteiger partial charge >= 0.3 is 0 Å². The topological polar surface area (TPSA) is 77.1 Å². The molecule has 30 heavy (non-hydrogen) atoms. The van der Waals surface area contributed by atoms with Crippen molar-refractivity contribution in [2.45, 2.75) is 13.8 Å². The second-order valence-electron chi connectivity index (χ2n) is 6.02. The molecule has 0 unspecified atom stereocenters. The molecule has 0 bridgehead atoms. The van der Waals surface area contributed by atoms with E-state index in [0.717, 1.165) is 28.3 Å². The molecule has 3 heterocycles. The summed E-state index contributed by atoms with van der Waals surface area (Å²) in [5.74, 6) is 0.756. The minimum absolute atomic E-state index is 0.196. The zero-order valence-corrected chi connectivity index (χ0v) is 17.5. The van der Waals surface area contributed by atoms with Gasteiger partial charge in [0, 0.05) is 43.7 Å². The molecular weight excluding hydrogens is 383 g/mol. The second-order valence-corrected chi connectivity index (χ2v) is 6.02. The lowest BCUT2D eigenvalue weighted by molar-refractivity contribution is -0.0979.